The predicted molar refractivity (Wildman–Crippen MR) is 106 cm³/mol. The number of aromatic nitrogens is 2. The molecule has 0 saturated carbocycles. The number of rotatable bonds is 4. The molecule has 1 aromatic carbocycles. The number of hydrogen-bond acceptors (Lipinski definition) is 5. The molecule has 5 N–H and O–H groups in total. The summed E-state index contributed by atoms with van der Waals surface area (Å²) in [6.45, 7) is 0.537. The molecule has 0 bridgehead atoms. The van der Waals surface area contributed by atoms with E-state index < -0.39 is 5.82 Å². The Bertz CT molecular complexity index is 1080. The molecular formula is C19H17ClFN5O2. The van der Waals surface area contributed by atoms with Crippen LogP contribution in [0.4, 0.5) is 21.6 Å². The van der Waals surface area contributed by atoms with Crippen molar-refractivity contribution in [3.63, 3.8) is 0 Å². The van der Waals surface area contributed by atoms with Crippen LogP contribution >= 0.6 is 11.6 Å². The summed E-state index contributed by atoms with van der Waals surface area (Å²) < 4.78 is 19.1. The fraction of sp³-hybridized carbons (Fsp3) is 0.158. The molecule has 7 nitrogen and oxygen atoms in total. The molecule has 1 aliphatic rings. The monoisotopic (exact) mass is 401 g/mol. The first-order valence-corrected chi connectivity index (χ1v) is 8.91. The van der Waals surface area contributed by atoms with Gasteiger partial charge in [-0.05, 0) is 24.3 Å². The van der Waals surface area contributed by atoms with Crippen LogP contribution in [0, 0.1) is 5.82 Å². The average molecular weight is 402 g/mol. The van der Waals surface area contributed by atoms with Crippen LogP contribution in [0.15, 0.2) is 30.5 Å². The van der Waals surface area contributed by atoms with Gasteiger partial charge >= 0.3 is 0 Å². The lowest BCUT2D eigenvalue weighted by atomic mass is 10.1. The predicted octanol–water partition coefficient (Wildman–Crippen LogP) is 3.49. The van der Waals surface area contributed by atoms with E-state index in [-0.39, 0.29) is 16.7 Å². The summed E-state index contributed by atoms with van der Waals surface area (Å²) in [7, 11) is 1.40. The first-order valence-electron chi connectivity index (χ1n) is 8.53. The lowest BCUT2D eigenvalue weighted by molar-refractivity contribution is 0.0947. The standard InChI is InChI=1S/C19H17ClFN5O2/c1-28-18-12(3-2-10(21)15(18)20)26-17-14-11(5-7-24-19(14)27)25-16(17)9-4-6-23-13(22)8-9/h2-4,6,8,25-26H,5,7H2,1H3,(H2,22,23)(H,24,27). The number of aromatic amines is 1. The highest BCUT2D eigenvalue weighted by Crippen LogP contribution is 2.41. The Kier molecular flexibility index (Phi) is 4.56. The van der Waals surface area contributed by atoms with Crippen molar-refractivity contribution < 1.29 is 13.9 Å². The van der Waals surface area contributed by atoms with Gasteiger partial charge < -0.3 is 26.1 Å². The van der Waals surface area contributed by atoms with Crippen LogP contribution in [0.3, 0.4) is 0 Å². The van der Waals surface area contributed by atoms with E-state index in [9.17, 15) is 9.18 Å². The van der Waals surface area contributed by atoms with Gasteiger partial charge in [0.05, 0.1) is 29.7 Å². The Hall–Kier alpha value is -3.26. The summed E-state index contributed by atoms with van der Waals surface area (Å²) in [4.78, 5) is 19.9. The number of carbonyl (C=O) groups excluding carboxylic acids is 1. The molecule has 9 heteroatoms. The minimum Gasteiger partial charge on any atom is -0.493 e. The van der Waals surface area contributed by atoms with Crippen molar-refractivity contribution in [3.05, 3.63) is 52.6 Å². The van der Waals surface area contributed by atoms with Crippen LogP contribution in [0.25, 0.3) is 11.3 Å². The number of amides is 1. The van der Waals surface area contributed by atoms with Gasteiger partial charge in [0.25, 0.3) is 5.91 Å². The molecule has 0 radical (unpaired) electrons. The summed E-state index contributed by atoms with van der Waals surface area (Å²) in [5.74, 6) is -0.309. The highest BCUT2D eigenvalue weighted by Gasteiger charge is 2.28. The smallest absolute Gasteiger partial charge is 0.255 e. The number of ether oxygens (including phenoxy) is 1. The van der Waals surface area contributed by atoms with E-state index in [0.29, 0.717) is 41.4 Å². The zero-order chi connectivity index (χ0) is 19.8. The summed E-state index contributed by atoms with van der Waals surface area (Å²) in [5, 5.41) is 5.88. The van der Waals surface area contributed by atoms with E-state index in [1.165, 1.54) is 19.2 Å². The number of nitrogen functional groups attached to an aromatic ring is 1. The molecule has 0 fully saturated rings. The number of halogens is 2. The van der Waals surface area contributed by atoms with Crippen molar-refractivity contribution in [2.45, 2.75) is 6.42 Å². The van der Waals surface area contributed by atoms with Crippen LogP contribution in [0.5, 0.6) is 5.75 Å². The van der Waals surface area contributed by atoms with Crippen molar-refractivity contribution >= 4 is 34.7 Å². The van der Waals surface area contributed by atoms with Crippen molar-refractivity contribution in [2.24, 2.45) is 0 Å². The van der Waals surface area contributed by atoms with E-state index in [1.54, 1.807) is 18.3 Å². The van der Waals surface area contributed by atoms with Crippen LogP contribution < -0.4 is 21.1 Å². The molecule has 0 spiro atoms. The maximum Gasteiger partial charge on any atom is 0.255 e. The van der Waals surface area contributed by atoms with E-state index in [0.717, 1.165) is 11.3 Å². The van der Waals surface area contributed by atoms with Crippen molar-refractivity contribution in [2.75, 3.05) is 24.7 Å². The van der Waals surface area contributed by atoms with Gasteiger partial charge in [0, 0.05) is 30.4 Å². The number of nitrogens with two attached hydrogens (primary N) is 1. The van der Waals surface area contributed by atoms with Gasteiger partial charge in [-0.2, -0.15) is 0 Å². The number of nitrogens with zero attached hydrogens (tertiary/aromatic N) is 1. The van der Waals surface area contributed by atoms with Gasteiger partial charge in [0.2, 0.25) is 0 Å². The first kappa shape index (κ1) is 18.1. The number of anilines is 3. The van der Waals surface area contributed by atoms with Gasteiger partial charge in [-0.1, -0.05) is 11.6 Å². The molecule has 1 aliphatic heterocycles. The van der Waals surface area contributed by atoms with Gasteiger partial charge in [0.1, 0.15) is 16.7 Å². The van der Waals surface area contributed by atoms with Gasteiger partial charge in [-0.15, -0.1) is 0 Å². The number of methoxy groups -OCH3 is 1. The zero-order valence-electron chi connectivity index (χ0n) is 14.9. The van der Waals surface area contributed by atoms with E-state index >= 15 is 0 Å². The largest absolute Gasteiger partial charge is 0.493 e. The first-order chi connectivity index (χ1) is 13.5. The SMILES string of the molecule is COc1c(Nc2c(-c3ccnc(N)c3)[nH]c3c2C(=O)NCC3)ccc(F)c1Cl. The molecule has 2 aromatic heterocycles. The summed E-state index contributed by atoms with van der Waals surface area (Å²) >= 11 is 6.04. The van der Waals surface area contributed by atoms with Crippen molar-refractivity contribution in [1.82, 2.24) is 15.3 Å². The van der Waals surface area contributed by atoms with E-state index in [1.807, 2.05) is 0 Å². The summed E-state index contributed by atoms with van der Waals surface area (Å²) in [6, 6.07) is 6.22. The van der Waals surface area contributed by atoms with Crippen molar-refractivity contribution in [3.8, 4) is 17.0 Å². The molecule has 0 unspecified atom stereocenters. The molecule has 3 aromatic rings. The minimum absolute atomic E-state index is 0.143. The molecule has 0 saturated heterocycles. The topological polar surface area (TPSA) is 105 Å². The van der Waals surface area contributed by atoms with Crippen LogP contribution in [-0.4, -0.2) is 29.5 Å². The second-order valence-electron chi connectivity index (χ2n) is 6.27. The number of fused-ring (bicyclic) bond motifs is 1. The molecular weight excluding hydrogens is 385 g/mol. The van der Waals surface area contributed by atoms with Crippen LogP contribution in [-0.2, 0) is 6.42 Å². The molecule has 3 heterocycles. The fourth-order valence-corrected chi connectivity index (χ4v) is 3.53. The average Bonchev–Trinajstić information content (AvgIpc) is 3.05. The fourth-order valence-electron chi connectivity index (χ4n) is 3.29. The number of pyridine rings is 1. The van der Waals surface area contributed by atoms with Gasteiger partial charge in [0.15, 0.2) is 5.75 Å². The second kappa shape index (κ2) is 7.05. The zero-order valence-corrected chi connectivity index (χ0v) is 15.7. The molecule has 1 amide bonds. The normalized spacial score (nSPS) is 13.0. The molecule has 4 rings (SSSR count). The quantitative estimate of drug-likeness (QED) is 0.535. The Labute approximate surface area is 165 Å². The molecule has 144 valence electrons. The number of benzene rings is 1. The third-order valence-electron chi connectivity index (χ3n) is 4.55. The Morgan fingerprint density at radius 2 is 2.18 bits per heavy atom. The molecule has 0 atom stereocenters. The maximum absolute atomic E-state index is 13.8. The highest BCUT2D eigenvalue weighted by atomic mass is 35.5. The highest BCUT2D eigenvalue weighted by molar-refractivity contribution is 6.32. The molecule has 0 aliphatic carbocycles. The van der Waals surface area contributed by atoms with Crippen LogP contribution in [0.1, 0.15) is 16.1 Å². The lowest BCUT2D eigenvalue weighted by Gasteiger charge is -2.17. The number of hydrogen-bond donors (Lipinski definition) is 4. The summed E-state index contributed by atoms with van der Waals surface area (Å²) in [6.07, 6.45) is 2.24. The Balaban J connectivity index is 1.90. The minimum atomic E-state index is -0.597. The van der Waals surface area contributed by atoms with Crippen LogP contribution in [0.2, 0.25) is 5.02 Å². The van der Waals surface area contributed by atoms with E-state index in [2.05, 4.69) is 20.6 Å². The maximum atomic E-state index is 13.8. The van der Waals surface area contributed by atoms with Gasteiger partial charge in [-0.25, -0.2) is 9.37 Å². The Morgan fingerprint density at radius 3 is 2.93 bits per heavy atom. The third kappa shape index (κ3) is 3.01. The number of nitrogens with one attached hydrogen (secondary N) is 3. The van der Waals surface area contributed by atoms with Crippen molar-refractivity contribution in [1.29, 1.82) is 0 Å². The second-order valence-corrected chi connectivity index (χ2v) is 6.65. The van der Waals surface area contributed by atoms with Gasteiger partial charge in [-0.3, -0.25) is 4.79 Å². The Morgan fingerprint density at radius 1 is 1.36 bits per heavy atom. The molecule has 28 heavy (non-hydrogen) atoms. The number of carbonyl (C=O) groups is 1. The third-order valence-corrected chi connectivity index (χ3v) is 4.90. The van der Waals surface area contributed by atoms with E-state index in [4.69, 9.17) is 22.1 Å². The lowest BCUT2D eigenvalue weighted by Crippen LogP contribution is -2.31. The summed E-state index contributed by atoms with van der Waals surface area (Å²) in [5.41, 5.74) is 9.48. The number of H-pyrrole nitrogens is 1.